The molecule has 0 bridgehead atoms. The molecule has 1 aromatic carbocycles. The van der Waals surface area contributed by atoms with Gasteiger partial charge in [-0.1, -0.05) is 29.5 Å². The van der Waals surface area contributed by atoms with Gasteiger partial charge in [-0.05, 0) is 34.0 Å². The van der Waals surface area contributed by atoms with Gasteiger partial charge in [-0.25, -0.2) is 0 Å². The molecule has 0 fully saturated rings. The van der Waals surface area contributed by atoms with Crippen molar-refractivity contribution in [3.63, 3.8) is 0 Å². The molecule has 15 heavy (non-hydrogen) atoms. The summed E-state index contributed by atoms with van der Waals surface area (Å²) in [6, 6.07) is 8.45. The van der Waals surface area contributed by atoms with Crippen LogP contribution in [0.3, 0.4) is 0 Å². The van der Waals surface area contributed by atoms with Crippen LogP contribution in [-0.4, -0.2) is 16.7 Å². The van der Waals surface area contributed by atoms with Crippen molar-refractivity contribution in [2.24, 2.45) is 0 Å². The summed E-state index contributed by atoms with van der Waals surface area (Å²) in [5.41, 5.74) is 2.66. The quantitative estimate of drug-likeness (QED) is 0.805. The van der Waals surface area contributed by atoms with Crippen LogP contribution in [0.5, 0.6) is 0 Å². The summed E-state index contributed by atoms with van der Waals surface area (Å²) in [6.45, 7) is 1.00. The minimum absolute atomic E-state index is 0.835. The van der Waals surface area contributed by atoms with Gasteiger partial charge in [0.05, 0.1) is 0 Å². The topological polar surface area (TPSA) is 29.0 Å². The Kier molecular flexibility index (Phi) is 2.21. The van der Waals surface area contributed by atoms with Crippen LogP contribution in [-0.2, 0) is 6.42 Å². The molecule has 0 aliphatic carbocycles. The highest BCUT2D eigenvalue weighted by molar-refractivity contribution is 9.11. The molecule has 0 N–H and O–H groups in total. The molecule has 2 heterocycles. The maximum absolute atomic E-state index is 4.14. The van der Waals surface area contributed by atoms with E-state index < -0.39 is 0 Å². The van der Waals surface area contributed by atoms with E-state index in [4.69, 9.17) is 0 Å². The molecule has 76 valence electrons. The molecular weight excluding hydrogens is 274 g/mol. The summed E-state index contributed by atoms with van der Waals surface area (Å²) < 4.78 is 0.835. The Balaban J connectivity index is 2.04. The average Bonchev–Trinajstić information content (AvgIpc) is 2.83. The van der Waals surface area contributed by atoms with E-state index in [2.05, 4.69) is 55.3 Å². The average molecular weight is 282 g/mol. The first-order valence-corrected chi connectivity index (χ1v) is 6.30. The molecule has 3 nitrogen and oxygen atoms in total. The molecule has 0 atom stereocenters. The zero-order valence-corrected chi connectivity index (χ0v) is 10.3. The van der Waals surface area contributed by atoms with Gasteiger partial charge in [-0.15, -0.1) is 10.2 Å². The van der Waals surface area contributed by atoms with Crippen molar-refractivity contribution in [3.05, 3.63) is 33.7 Å². The summed E-state index contributed by atoms with van der Waals surface area (Å²) >= 11 is 4.91. The van der Waals surface area contributed by atoms with Gasteiger partial charge in [0.25, 0.3) is 0 Å². The van der Waals surface area contributed by atoms with Crippen LogP contribution in [0, 0.1) is 0 Å². The molecule has 2 aromatic rings. The SMILES string of the molecule is Brc1nnc(N2CCc3ccccc32)s1. The fourth-order valence-electron chi connectivity index (χ4n) is 1.84. The van der Waals surface area contributed by atoms with Gasteiger partial charge in [-0.2, -0.15) is 0 Å². The van der Waals surface area contributed by atoms with Gasteiger partial charge in [0.1, 0.15) is 0 Å². The van der Waals surface area contributed by atoms with Gasteiger partial charge >= 0.3 is 0 Å². The molecule has 5 heteroatoms. The summed E-state index contributed by atoms with van der Waals surface area (Å²) in [4.78, 5) is 2.22. The Hall–Kier alpha value is -0.940. The highest BCUT2D eigenvalue weighted by atomic mass is 79.9. The monoisotopic (exact) mass is 281 g/mol. The largest absolute Gasteiger partial charge is 0.316 e. The van der Waals surface area contributed by atoms with Crippen molar-refractivity contribution in [2.45, 2.75) is 6.42 Å². The molecule has 0 saturated heterocycles. The minimum atomic E-state index is 0.835. The lowest BCUT2D eigenvalue weighted by Gasteiger charge is -2.14. The number of rotatable bonds is 1. The number of fused-ring (bicyclic) bond motifs is 1. The normalized spacial score (nSPS) is 14.3. The van der Waals surface area contributed by atoms with Crippen molar-refractivity contribution in [2.75, 3.05) is 11.4 Å². The van der Waals surface area contributed by atoms with Gasteiger partial charge in [0.2, 0.25) is 5.13 Å². The third-order valence-electron chi connectivity index (χ3n) is 2.51. The Morgan fingerprint density at radius 1 is 1.27 bits per heavy atom. The second kappa shape index (κ2) is 3.57. The van der Waals surface area contributed by atoms with E-state index >= 15 is 0 Å². The van der Waals surface area contributed by atoms with Crippen molar-refractivity contribution in [3.8, 4) is 0 Å². The summed E-state index contributed by atoms with van der Waals surface area (Å²) in [5.74, 6) is 0. The van der Waals surface area contributed by atoms with Crippen molar-refractivity contribution in [1.29, 1.82) is 0 Å². The van der Waals surface area contributed by atoms with Crippen molar-refractivity contribution < 1.29 is 0 Å². The zero-order chi connectivity index (χ0) is 10.3. The van der Waals surface area contributed by atoms with E-state index in [1.807, 2.05) is 0 Å². The lowest BCUT2D eigenvalue weighted by molar-refractivity contribution is 0.958. The molecule has 0 unspecified atom stereocenters. The summed E-state index contributed by atoms with van der Waals surface area (Å²) in [7, 11) is 0. The van der Waals surface area contributed by atoms with E-state index in [1.54, 1.807) is 11.3 Å². The van der Waals surface area contributed by atoms with Gasteiger partial charge < -0.3 is 4.90 Å². The molecule has 1 aliphatic rings. The number of hydrogen-bond donors (Lipinski definition) is 0. The van der Waals surface area contributed by atoms with Crippen LogP contribution < -0.4 is 4.90 Å². The first-order chi connectivity index (χ1) is 7.34. The fraction of sp³-hybridized carbons (Fsp3) is 0.200. The van der Waals surface area contributed by atoms with Gasteiger partial charge in [0.15, 0.2) is 3.92 Å². The minimum Gasteiger partial charge on any atom is -0.316 e. The molecule has 0 saturated carbocycles. The Morgan fingerprint density at radius 3 is 2.93 bits per heavy atom. The standard InChI is InChI=1S/C10H8BrN3S/c11-9-12-13-10(15-9)14-6-5-7-3-1-2-4-8(7)14/h1-4H,5-6H2. The highest BCUT2D eigenvalue weighted by Gasteiger charge is 2.22. The second-order valence-corrected chi connectivity index (χ2v) is 5.60. The van der Waals surface area contributed by atoms with Crippen molar-refractivity contribution in [1.82, 2.24) is 10.2 Å². The van der Waals surface area contributed by atoms with Crippen molar-refractivity contribution >= 4 is 38.1 Å². The van der Waals surface area contributed by atoms with Crippen LogP contribution in [0.2, 0.25) is 0 Å². The number of aromatic nitrogens is 2. The third kappa shape index (κ3) is 1.55. The number of anilines is 2. The number of nitrogens with zero attached hydrogens (tertiary/aromatic N) is 3. The number of benzene rings is 1. The van der Waals surface area contributed by atoms with E-state index in [-0.39, 0.29) is 0 Å². The van der Waals surface area contributed by atoms with E-state index in [0.29, 0.717) is 0 Å². The van der Waals surface area contributed by atoms with Crippen LogP contribution >= 0.6 is 27.3 Å². The molecule has 3 rings (SSSR count). The lowest BCUT2D eigenvalue weighted by atomic mass is 10.2. The predicted molar refractivity (Wildman–Crippen MR) is 64.8 cm³/mol. The Bertz CT molecular complexity index is 497. The highest BCUT2D eigenvalue weighted by Crippen LogP contribution is 2.36. The van der Waals surface area contributed by atoms with E-state index in [9.17, 15) is 0 Å². The number of halogens is 1. The van der Waals surface area contributed by atoms with E-state index in [0.717, 1.165) is 22.0 Å². The third-order valence-corrected chi connectivity index (χ3v) is 3.89. The first-order valence-electron chi connectivity index (χ1n) is 4.69. The molecule has 1 aliphatic heterocycles. The Morgan fingerprint density at radius 2 is 2.13 bits per heavy atom. The lowest BCUT2D eigenvalue weighted by Crippen LogP contribution is -2.12. The number of para-hydroxylation sites is 1. The van der Waals surface area contributed by atoms with Crippen LogP contribution in [0.25, 0.3) is 0 Å². The molecule has 0 radical (unpaired) electrons. The molecule has 1 aromatic heterocycles. The van der Waals surface area contributed by atoms with Crippen LogP contribution in [0.15, 0.2) is 28.2 Å². The molecule has 0 spiro atoms. The Labute approximate surface area is 99.9 Å². The van der Waals surface area contributed by atoms with Gasteiger partial charge in [-0.3, -0.25) is 0 Å². The summed E-state index contributed by atoms with van der Waals surface area (Å²) in [5, 5.41) is 9.09. The summed E-state index contributed by atoms with van der Waals surface area (Å²) in [6.07, 6.45) is 1.09. The smallest absolute Gasteiger partial charge is 0.213 e. The maximum Gasteiger partial charge on any atom is 0.213 e. The first kappa shape index (κ1) is 9.30. The second-order valence-electron chi connectivity index (χ2n) is 3.37. The van der Waals surface area contributed by atoms with Gasteiger partial charge in [0, 0.05) is 12.2 Å². The fourth-order valence-corrected chi connectivity index (χ4v) is 2.97. The maximum atomic E-state index is 4.14. The predicted octanol–water partition coefficient (Wildman–Crippen LogP) is 2.99. The molecule has 0 amide bonds. The van der Waals surface area contributed by atoms with Crippen LogP contribution in [0.1, 0.15) is 5.56 Å². The van der Waals surface area contributed by atoms with Crippen LogP contribution in [0.4, 0.5) is 10.8 Å². The molecular formula is C10H8BrN3S. The zero-order valence-electron chi connectivity index (χ0n) is 7.85. The van der Waals surface area contributed by atoms with E-state index in [1.165, 1.54) is 11.3 Å². The number of hydrogen-bond acceptors (Lipinski definition) is 4.